The minimum Gasteiger partial charge on any atom is -0.495 e. The van der Waals surface area contributed by atoms with Crippen LogP contribution < -0.4 is 14.8 Å². The van der Waals surface area contributed by atoms with Gasteiger partial charge in [-0.3, -0.25) is 0 Å². The Bertz CT molecular complexity index is 501. The molecule has 108 valence electrons. The second-order valence-electron chi connectivity index (χ2n) is 4.30. The van der Waals surface area contributed by atoms with Crippen molar-refractivity contribution in [3.63, 3.8) is 0 Å². The molecule has 1 fully saturated rings. The summed E-state index contributed by atoms with van der Waals surface area (Å²) in [5.74, 6) is 0.365. The summed E-state index contributed by atoms with van der Waals surface area (Å²) in [6, 6.07) is 6.85. The average molecular weight is 307 g/mol. The molecule has 0 spiro atoms. The van der Waals surface area contributed by atoms with Crippen molar-refractivity contribution in [2.75, 3.05) is 20.2 Å². The molecule has 1 aromatic carbocycles. The first kappa shape index (κ1) is 16.2. The fourth-order valence-corrected chi connectivity index (χ4v) is 3.31. The standard InChI is InChI=1S/C12H18N2O3S.ClH/c1-17-11-6-2-3-7-12(11)18(15,16)14-9-10-5-4-8-13-10;/h2-3,6-7,10,13-14H,4-5,8-9H2,1H3;1H. The Hall–Kier alpha value is -0.820. The fourth-order valence-electron chi connectivity index (χ4n) is 2.06. The highest BCUT2D eigenvalue weighted by Crippen LogP contribution is 2.22. The molecule has 5 nitrogen and oxygen atoms in total. The van der Waals surface area contributed by atoms with Crippen LogP contribution in [0.15, 0.2) is 29.2 Å². The number of halogens is 1. The van der Waals surface area contributed by atoms with Crippen molar-refractivity contribution >= 4 is 22.4 Å². The molecule has 0 aliphatic carbocycles. The maximum absolute atomic E-state index is 12.1. The van der Waals surface area contributed by atoms with E-state index in [0.717, 1.165) is 19.4 Å². The van der Waals surface area contributed by atoms with Crippen LogP contribution in [0.3, 0.4) is 0 Å². The van der Waals surface area contributed by atoms with Gasteiger partial charge >= 0.3 is 0 Å². The van der Waals surface area contributed by atoms with Gasteiger partial charge in [-0.05, 0) is 31.5 Å². The van der Waals surface area contributed by atoms with Crippen LogP contribution in [0, 0.1) is 0 Å². The Morgan fingerprint density at radius 3 is 2.79 bits per heavy atom. The lowest BCUT2D eigenvalue weighted by Crippen LogP contribution is -2.37. The van der Waals surface area contributed by atoms with E-state index in [4.69, 9.17) is 4.74 Å². The van der Waals surface area contributed by atoms with E-state index in [1.807, 2.05) is 0 Å². The van der Waals surface area contributed by atoms with Gasteiger partial charge in [0, 0.05) is 12.6 Å². The molecule has 7 heteroatoms. The van der Waals surface area contributed by atoms with Gasteiger partial charge in [-0.2, -0.15) is 0 Å². The third-order valence-corrected chi connectivity index (χ3v) is 4.50. The Morgan fingerprint density at radius 2 is 2.16 bits per heavy atom. The van der Waals surface area contributed by atoms with Crippen molar-refractivity contribution < 1.29 is 13.2 Å². The Morgan fingerprint density at radius 1 is 1.42 bits per heavy atom. The molecule has 0 bridgehead atoms. The zero-order valence-corrected chi connectivity index (χ0v) is 12.4. The van der Waals surface area contributed by atoms with E-state index in [0.29, 0.717) is 12.3 Å². The molecule has 1 aromatic rings. The molecule has 1 saturated heterocycles. The summed E-state index contributed by atoms with van der Waals surface area (Å²) < 4.78 is 32.0. The van der Waals surface area contributed by atoms with Crippen molar-refractivity contribution in [3.05, 3.63) is 24.3 Å². The third kappa shape index (κ3) is 4.07. The van der Waals surface area contributed by atoms with Gasteiger partial charge in [0.15, 0.2) is 0 Å². The lowest BCUT2D eigenvalue weighted by molar-refractivity contribution is 0.402. The number of methoxy groups -OCH3 is 1. The van der Waals surface area contributed by atoms with Crippen molar-refractivity contribution in [2.24, 2.45) is 0 Å². The van der Waals surface area contributed by atoms with E-state index in [1.165, 1.54) is 7.11 Å². The van der Waals surface area contributed by atoms with Gasteiger partial charge in [0.05, 0.1) is 7.11 Å². The molecule has 1 atom stereocenters. The topological polar surface area (TPSA) is 67.4 Å². The van der Waals surface area contributed by atoms with E-state index >= 15 is 0 Å². The number of para-hydroxylation sites is 1. The fraction of sp³-hybridized carbons (Fsp3) is 0.500. The lowest BCUT2D eigenvalue weighted by atomic mass is 10.2. The summed E-state index contributed by atoms with van der Waals surface area (Å²) >= 11 is 0. The van der Waals surface area contributed by atoms with E-state index in [1.54, 1.807) is 24.3 Å². The van der Waals surface area contributed by atoms with E-state index < -0.39 is 10.0 Å². The zero-order valence-electron chi connectivity index (χ0n) is 10.8. The van der Waals surface area contributed by atoms with E-state index in [2.05, 4.69) is 10.0 Å². The average Bonchev–Trinajstić information content (AvgIpc) is 2.89. The molecule has 1 aliphatic heterocycles. The van der Waals surface area contributed by atoms with Crippen LogP contribution in [-0.4, -0.2) is 34.7 Å². The number of nitrogens with one attached hydrogen (secondary N) is 2. The number of hydrogen-bond donors (Lipinski definition) is 2. The predicted octanol–water partition coefficient (Wildman–Crippen LogP) is 1.15. The second kappa shape index (κ2) is 7.09. The number of sulfonamides is 1. The van der Waals surface area contributed by atoms with Crippen LogP contribution in [0.4, 0.5) is 0 Å². The summed E-state index contributed by atoms with van der Waals surface area (Å²) in [5, 5.41) is 3.25. The smallest absolute Gasteiger partial charge is 0.244 e. The largest absolute Gasteiger partial charge is 0.495 e. The minimum atomic E-state index is -3.51. The van der Waals surface area contributed by atoms with Crippen LogP contribution in [0.25, 0.3) is 0 Å². The monoisotopic (exact) mass is 306 g/mol. The van der Waals surface area contributed by atoms with Crippen molar-refractivity contribution in [1.29, 1.82) is 0 Å². The summed E-state index contributed by atoms with van der Waals surface area (Å²) in [6.07, 6.45) is 2.11. The number of benzene rings is 1. The molecule has 1 aliphatic rings. The van der Waals surface area contributed by atoms with Crippen molar-refractivity contribution in [1.82, 2.24) is 10.0 Å². The highest BCUT2D eigenvalue weighted by molar-refractivity contribution is 7.89. The van der Waals surface area contributed by atoms with Gasteiger partial charge in [-0.25, -0.2) is 13.1 Å². The maximum atomic E-state index is 12.1. The maximum Gasteiger partial charge on any atom is 0.244 e. The van der Waals surface area contributed by atoms with Gasteiger partial charge in [-0.15, -0.1) is 12.4 Å². The molecular weight excluding hydrogens is 288 g/mol. The third-order valence-electron chi connectivity index (χ3n) is 3.04. The molecular formula is C12H19ClN2O3S. The molecule has 2 N–H and O–H groups in total. The van der Waals surface area contributed by atoms with Crippen LogP contribution in [0.5, 0.6) is 5.75 Å². The van der Waals surface area contributed by atoms with Gasteiger partial charge in [0.1, 0.15) is 10.6 Å². The lowest BCUT2D eigenvalue weighted by Gasteiger charge is -2.13. The van der Waals surface area contributed by atoms with Gasteiger partial charge in [-0.1, -0.05) is 12.1 Å². The molecule has 0 amide bonds. The normalized spacial score (nSPS) is 18.9. The number of rotatable bonds is 5. The number of ether oxygens (including phenoxy) is 1. The Kier molecular flexibility index (Phi) is 6.06. The quantitative estimate of drug-likeness (QED) is 0.856. The van der Waals surface area contributed by atoms with E-state index in [-0.39, 0.29) is 23.3 Å². The van der Waals surface area contributed by atoms with E-state index in [9.17, 15) is 8.42 Å². The van der Waals surface area contributed by atoms with Crippen LogP contribution in [0.2, 0.25) is 0 Å². The summed E-state index contributed by atoms with van der Waals surface area (Å²) in [6.45, 7) is 1.38. The molecule has 1 heterocycles. The second-order valence-corrected chi connectivity index (χ2v) is 6.03. The molecule has 0 aromatic heterocycles. The molecule has 1 unspecified atom stereocenters. The van der Waals surface area contributed by atoms with Crippen LogP contribution in [-0.2, 0) is 10.0 Å². The molecule has 19 heavy (non-hydrogen) atoms. The first-order chi connectivity index (χ1) is 8.63. The summed E-state index contributed by atoms with van der Waals surface area (Å²) in [5.41, 5.74) is 0. The predicted molar refractivity (Wildman–Crippen MR) is 76.5 cm³/mol. The summed E-state index contributed by atoms with van der Waals surface area (Å²) in [7, 11) is -2.04. The SMILES string of the molecule is COc1ccccc1S(=O)(=O)NCC1CCCN1.Cl. The zero-order chi connectivity index (χ0) is 13.0. The first-order valence-electron chi connectivity index (χ1n) is 5.99. The Labute approximate surface area is 120 Å². The van der Waals surface area contributed by atoms with Crippen LogP contribution >= 0.6 is 12.4 Å². The van der Waals surface area contributed by atoms with Gasteiger partial charge in [0.2, 0.25) is 10.0 Å². The summed E-state index contributed by atoms with van der Waals surface area (Å²) in [4.78, 5) is 0.186. The van der Waals surface area contributed by atoms with Gasteiger partial charge in [0.25, 0.3) is 0 Å². The first-order valence-corrected chi connectivity index (χ1v) is 7.48. The highest BCUT2D eigenvalue weighted by atomic mass is 35.5. The van der Waals surface area contributed by atoms with Crippen LogP contribution in [0.1, 0.15) is 12.8 Å². The Balaban J connectivity index is 0.00000180. The van der Waals surface area contributed by atoms with Crippen molar-refractivity contribution in [2.45, 2.75) is 23.8 Å². The number of hydrogen-bond acceptors (Lipinski definition) is 4. The van der Waals surface area contributed by atoms with Gasteiger partial charge < -0.3 is 10.1 Å². The molecule has 0 radical (unpaired) electrons. The molecule has 2 rings (SSSR count). The molecule has 0 saturated carbocycles. The van der Waals surface area contributed by atoms with Crippen molar-refractivity contribution in [3.8, 4) is 5.75 Å². The highest BCUT2D eigenvalue weighted by Gasteiger charge is 2.21. The minimum absolute atomic E-state index is 0.